The third kappa shape index (κ3) is 4.06. The molecule has 2 heterocycles. The van der Waals surface area contributed by atoms with Gasteiger partial charge in [0.25, 0.3) is 0 Å². The van der Waals surface area contributed by atoms with Crippen molar-refractivity contribution in [3.63, 3.8) is 0 Å². The summed E-state index contributed by atoms with van der Waals surface area (Å²) in [5.41, 5.74) is 5.60. The number of hydrogen-bond acceptors (Lipinski definition) is 5. The lowest BCUT2D eigenvalue weighted by Crippen LogP contribution is -2.28. The molecule has 9 heteroatoms. The Kier molecular flexibility index (Phi) is 4.99. The molecule has 21 heavy (non-hydrogen) atoms. The Bertz CT molecular complexity index is 713. The summed E-state index contributed by atoms with van der Waals surface area (Å²) < 4.78 is 28.7. The SMILES string of the molecule is NC(=S)c1ncccc1S(=O)(=O)NCCCn1cccn1. The highest BCUT2D eigenvalue weighted by Gasteiger charge is 2.19. The van der Waals surface area contributed by atoms with Crippen LogP contribution in [0.25, 0.3) is 0 Å². The van der Waals surface area contributed by atoms with Crippen LogP contribution in [0.5, 0.6) is 0 Å². The van der Waals surface area contributed by atoms with E-state index < -0.39 is 10.0 Å². The highest BCUT2D eigenvalue weighted by atomic mass is 32.2. The van der Waals surface area contributed by atoms with Crippen molar-refractivity contribution in [1.82, 2.24) is 19.5 Å². The smallest absolute Gasteiger partial charge is 0.242 e. The first-order valence-corrected chi connectivity index (χ1v) is 8.12. The number of rotatable bonds is 7. The van der Waals surface area contributed by atoms with Gasteiger partial charge in [-0.15, -0.1) is 0 Å². The van der Waals surface area contributed by atoms with Crippen molar-refractivity contribution < 1.29 is 8.42 Å². The zero-order valence-corrected chi connectivity index (χ0v) is 12.8. The molecule has 3 N–H and O–H groups in total. The monoisotopic (exact) mass is 325 g/mol. The van der Waals surface area contributed by atoms with E-state index in [0.29, 0.717) is 13.0 Å². The second-order valence-corrected chi connectivity index (χ2v) is 6.41. The summed E-state index contributed by atoms with van der Waals surface area (Å²) in [6.45, 7) is 0.915. The minimum Gasteiger partial charge on any atom is -0.388 e. The predicted molar refractivity (Wildman–Crippen MR) is 82.2 cm³/mol. The van der Waals surface area contributed by atoms with Gasteiger partial charge in [0.05, 0.1) is 0 Å². The first-order valence-electron chi connectivity index (χ1n) is 6.22. The fraction of sp³-hybridized carbons (Fsp3) is 0.250. The summed E-state index contributed by atoms with van der Waals surface area (Å²) in [6.07, 6.45) is 5.56. The highest BCUT2D eigenvalue weighted by molar-refractivity contribution is 7.89. The third-order valence-corrected chi connectivity index (χ3v) is 4.39. The molecule has 112 valence electrons. The Morgan fingerprint density at radius 2 is 2.19 bits per heavy atom. The summed E-state index contributed by atoms with van der Waals surface area (Å²) in [5.74, 6) is 0. The summed E-state index contributed by atoms with van der Waals surface area (Å²) in [5, 5.41) is 4.04. The third-order valence-electron chi connectivity index (χ3n) is 2.71. The van der Waals surface area contributed by atoms with E-state index in [1.54, 1.807) is 10.9 Å². The van der Waals surface area contributed by atoms with Crippen molar-refractivity contribution >= 4 is 27.2 Å². The molecule has 7 nitrogen and oxygen atoms in total. The van der Waals surface area contributed by atoms with Crippen LogP contribution in [-0.4, -0.2) is 34.7 Å². The van der Waals surface area contributed by atoms with Crippen LogP contribution >= 0.6 is 12.2 Å². The van der Waals surface area contributed by atoms with Gasteiger partial charge in [0.2, 0.25) is 10.0 Å². The Hall–Kier alpha value is -1.84. The van der Waals surface area contributed by atoms with Gasteiger partial charge in [0.1, 0.15) is 15.6 Å². The van der Waals surface area contributed by atoms with Crippen molar-refractivity contribution in [3.05, 3.63) is 42.5 Å². The lowest BCUT2D eigenvalue weighted by atomic mass is 10.3. The molecule has 0 atom stereocenters. The fourth-order valence-corrected chi connectivity index (χ4v) is 3.22. The maximum absolute atomic E-state index is 12.2. The molecule has 2 rings (SSSR count). The molecule has 0 amide bonds. The van der Waals surface area contributed by atoms with Gasteiger partial charge in [0, 0.05) is 31.7 Å². The average molecular weight is 325 g/mol. The van der Waals surface area contributed by atoms with Gasteiger partial charge in [-0.1, -0.05) is 12.2 Å². The van der Waals surface area contributed by atoms with Crippen LogP contribution in [0, 0.1) is 0 Å². The molecule has 0 aromatic carbocycles. The minimum absolute atomic E-state index is 0.00316. The lowest BCUT2D eigenvalue weighted by molar-refractivity contribution is 0.552. The molecule has 2 aromatic rings. The summed E-state index contributed by atoms with van der Waals surface area (Å²) >= 11 is 4.82. The second kappa shape index (κ2) is 6.74. The number of aryl methyl sites for hydroxylation is 1. The second-order valence-electron chi connectivity index (χ2n) is 4.23. The zero-order chi connectivity index (χ0) is 15.3. The van der Waals surface area contributed by atoms with Crippen LogP contribution < -0.4 is 10.5 Å². The van der Waals surface area contributed by atoms with Crippen molar-refractivity contribution in [2.75, 3.05) is 6.54 Å². The van der Waals surface area contributed by atoms with Crippen LogP contribution in [0.15, 0.2) is 41.7 Å². The number of nitrogens with one attached hydrogen (secondary N) is 1. The maximum Gasteiger partial charge on any atom is 0.242 e. The number of pyridine rings is 1. The molecule has 0 radical (unpaired) electrons. The van der Waals surface area contributed by atoms with E-state index in [2.05, 4.69) is 14.8 Å². The van der Waals surface area contributed by atoms with Gasteiger partial charge in [-0.3, -0.25) is 9.67 Å². The molecule has 0 spiro atoms. The van der Waals surface area contributed by atoms with E-state index >= 15 is 0 Å². The molecular formula is C12H15N5O2S2. The van der Waals surface area contributed by atoms with Crippen molar-refractivity contribution in [2.24, 2.45) is 5.73 Å². The maximum atomic E-state index is 12.2. The van der Waals surface area contributed by atoms with E-state index in [9.17, 15) is 8.42 Å². The van der Waals surface area contributed by atoms with Crippen LogP contribution in [-0.2, 0) is 16.6 Å². The number of nitrogens with two attached hydrogens (primary N) is 1. The van der Waals surface area contributed by atoms with E-state index in [4.69, 9.17) is 18.0 Å². The predicted octanol–water partition coefficient (Wildman–Crippen LogP) is 0.281. The number of thiocarbonyl (C=S) groups is 1. The molecule has 0 aliphatic rings. The Morgan fingerprint density at radius 3 is 2.86 bits per heavy atom. The first kappa shape index (κ1) is 15.5. The van der Waals surface area contributed by atoms with Crippen LogP contribution in [0.3, 0.4) is 0 Å². The van der Waals surface area contributed by atoms with E-state index in [-0.39, 0.29) is 22.1 Å². The van der Waals surface area contributed by atoms with Gasteiger partial charge in [0.15, 0.2) is 0 Å². The summed E-state index contributed by atoms with van der Waals surface area (Å²) in [6, 6.07) is 4.77. The van der Waals surface area contributed by atoms with Crippen molar-refractivity contribution in [2.45, 2.75) is 17.9 Å². The van der Waals surface area contributed by atoms with Crippen LogP contribution in [0.4, 0.5) is 0 Å². The molecule has 0 bridgehead atoms. The number of hydrogen-bond donors (Lipinski definition) is 2. The van der Waals surface area contributed by atoms with E-state index in [1.807, 2.05) is 12.3 Å². The number of nitrogens with zero attached hydrogens (tertiary/aromatic N) is 3. The normalized spacial score (nSPS) is 11.4. The topological polar surface area (TPSA) is 103 Å². The molecule has 0 unspecified atom stereocenters. The average Bonchev–Trinajstić information content (AvgIpc) is 2.97. The molecular weight excluding hydrogens is 310 g/mol. The van der Waals surface area contributed by atoms with Crippen molar-refractivity contribution in [3.8, 4) is 0 Å². The number of aromatic nitrogens is 3. The molecule has 0 saturated heterocycles. The highest BCUT2D eigenvalue weighted by Crippen LogP contribution is 2.12. The largest absolute Gasteiger partial charge is 0.388 e. The molecule has 0 aliphatic heterocycles. The van der Waals surface area contributed by atoms with E-state index in [0.717, 1.165) is 0 Å². The summed E-state index contributed by atoms with van der Waals surface area (Å²) in [4.78, 5) is 3.86. The van der Waals surface area contributed by atoms with Gasteiger partial charge >= 0.3 is 0 Å². The van der Waals surface area contributed by atoms with Gasteiger partial charge in [-0.2, -0.15) is 5.10 Å². The Balaban J connectivity index is 2.00. The first-order chi connectivity index (χ1) is 10.0. The molecule has 0 fully saturated rings. The zero-order valence-electron chi connectivity index (χ0n) is 11.1. The standard InChI is InChI=1S/C12H15N5O2S2/c13-12(20)11-10(4-1-5-14-11)21(18,19)16-7-3-9-17-8-2-6-15-17/h1-2,4-6,8,16H,3,7,9H2,(H2,13,20). The van der Waals surface area contributed by atoms with Gasteiger partial charge in [-0.05, 0) is 24.6 Å². The molecule has 0 aliphatic carbocycles. The van der Waals surface area contributed by atoms with Crippen LogP contribution in [0.2, 0.25) is 0 Å². The van der Waals surface area contributed by atoms with E-state index in [1.165, 1.54) is 18.3 Å². The minimum atomic E-state index is -3.69. The van der Waals surface area contributed by atoms with Gasteiger partial charge < -0.3 is 5.73 Å². The summed E-state index contributed by atoms with van der Waals surface area (Å²) in [7, 11) is -3.69. The Labute approximate surface area is 128 Å². The number of sulfonamides is 1. The van der Waals surface area contributed by atoms with Crippen molar-refractivity contribution in [1.29, 1.82) is 0 Å². The van der Waals surface area contributed by atoms with Crippen LogP contribution in [0.1, 0.15) is 12.1 Å². The fourth-order valence-electron chi connectivity index (χ4n) is 1.75. The molecule has 0 saturated carbocycles. The lowest BCUT2D eigenvalue weighted by Gasteiger charge is -2.09. The quantitative estimate of drug-likeness (QED) is 0.560. The van der Waals surface area contributed by atoms with Gasteiger partial charge in [-0.25, -0.2) is 13.1 Å². The Morgan fingerprint density at radius 1 is 1.38 bits per heavy atom. The molecule has 2 aromatic heterocycles.